The maximum absolute atomic E-state index is 14.2. The van der Waals surface area contributed by atoms with E-state index in [2.05, 4.69) is 10.6 Å². The Kier molecular flexibility index (Phi) is 7.70. The van der Waals surface area contributed by atoms with E-state index in [1.54, 1.807) is 24.3 Å². The van der Waals surface area contributed by atoms with Crippen molar-refractivity contribution in [1.29, 1.82) is 0 Å². The van der Waals surface area contributed by atoms with Gasteiger partial charge in [-0.05, 0) is 62.3 Å². The molecule has 3 heterocycles. The van der Waals surface area contributed by atoms with Crippen LogP contribution < -0.4 is 10.6 Å². The number of nitrogens with zero attached hydrogens (tertiary/aromatic N) is 1. The summed E-state index contributed by atoms with van der Waals surface area (Å²) < 4.78 is 6.74. The fraction of sp³-hybridized carbons (Fsp3) is 0.667. The van der Waals surface area contributed by atoms with Gasteiger partial charge in [-0.3, -0.25) is 14.4 Å². The summed E-state index contributed by atoms with van der Waals surface area (Å²) >= 11 is 6.01. The van der Waals surface area contributed by atoms with Crippen LogP contribution in [0.3, 0.4) is 0 Å². The number of aliphatic hydroxyl groups excluding tert-OH is 1. The van der Waals surface area contributed by atoms with Crippen LogP contribution >= 0.6 is 11.6 Å². The van der Waals surface area contributed by atoms with Crippen molar-refractivity contribution in [3.63, 3.8) is 0 Å². The molecule has 3 aliphatic heterocycles. The third kappa shape index (κ3) is 4.31. The van der Waals surface area contributed by atoms with E-state index in [0.717, 1.165) is 6.42 Å². The molecule has 0 aromatic heterocycles. The Balaban J connectivity index is 1.77. The van der Waals surface area contributed by atoms with Gasteiger partial charge in [0.2, 0.25) is 17.7 Å². The van der Waals surface area contributed by atoms with Crippen LogP contribution in [0.15, 0.2) is 24.3 Å². The number of nitrogens with one attached hydrogen (secondary N) is 2. The summed E-state index contributed by atoms with van der Waals surface area (Å²) in [6.45, 7) is 8.22. The summed E-state index contributed by atoms with van der Waals surface area (Å²) in [5.41, 5.74) is -1.35. The van der Waals surface area contributed by atoms with Crippen molar-refractivity contribution in [2.75, 3.05) is 18.5 Å². The van der Waals surface area contributed by atoms with Crippen molar-refractivity contribution >= 4 is 35.0 Å². The predicted molar refractivity (Wildman–Crippen MR) is 137 cm³/mol. The number of aliphatic hydroxyl groups is 1. The first-order valence-corrected chi connectivity index (χ1v) is 13.5. The van der Waals surface area contributed by atoms with Gasteiger partial charge in [0.15, 0.2) is 0 Å². The van der Waals surface area contributed by atoms with Crippen molar-refractivity contribution in [2.45, 2.75) is 83.1 Å². The van der Waals surface area contributed by atoms with Crippen LogP contribution in [0.1, 0.15) is 59.8 Å². The van der Waals surface area contributed by atoms with Crippen molar-refractivity contribution < 1.29 is 24.2 Å². The van der Waals surface area contributed by atoms with Crippen molar-refractivity contribution in [1.82, 2.24) is 10.2 Å². The molecule has 9 heteroatoms. The fourth-order valence-corrected chi connectivity index (χ4v) is 6.80. The topological polar surface area (TPSA) is 108 Å². The molecule has 198 valence electrons. The largest absolute Gasteiger partial charge is 0.394 e. The lowest BCUT2D eigenvalue weighted by Gasteiger charge is -2.37. The van der Waals surface area contributed by atoms with Crippen LogP contribution in [0.4, 0.5) is 5.69 Å². The molecular formula is C27H38ClN3O5. The number of carbonyl (C=O) groups excluding carboxylic acids is 3. The van der Waals surface area contributed by atoms with E-state index in [9.17, 15) is 19.5 Å². The number of fused-ring (bicyclic) bond motifs is 1. The molecule has 1 aromatic carbocycles. The molecule has 0 radical (unpaired) electrons. The minimum absolute atomic E-state index is 0.191. The highest BCUT2D eigenvalue weighted by Crippen LogP contribution is 2.64. The third-order valence-electron chi connectivity index (χ3n) is 8.16. The molecule has 0 saturated carbocycles. The highest BCUT2D eigenvalue weighted by molar-refractivity contribution is 6.30. The van der Waals surface area contributed by atoms with Gasteiger partial charge < -0.3 is 25.4 Å². The summed E-state index contributed by atoms with van der Waals surface area (Å²) in [7, 11) is 0. The van der Waals surface area contributed by atoms with Crippen molar-refractivity contribution in [3.05, 3.63) is 29.3 Å². The van der Waals surface area contributed by atoms with Crippen molar-refractivity contribution in [2.24, 2.45) is 17.8 Å². The van der Waals surface area contributed by atoms with Gasteiger partial charge in [-0.15, -0.1) is 0 Å². The summed E-state index contributed by atoms with van der Waals surface area (Å²) in [6.07, 6.45) is 2.99. The number of likely N-dealkylation sites (tertiary alicyclic amines) is 1. The number of rotatable bonds is 10. The van der Waals surface area contributed by atoms with Gasteiger partial charge in [0.1, 0.15) is 11.6 Å². The summed E-state index contributed by atoms with van der Waals surface area (Å²) in [6, 6.07) is 5.26. The predicted octanol–water partition coefficient (Wildman–Crippen LogP) is 3.37. The van der Waals surface area contributed by atoms with Crippen molar-refractivity contribution in [3.8, 4) is 0 Å². The third-order valence-corrected chi connectivity index (χ3v) is 8.41. The summed E-state index contributed by atoms with van der Waals surface area (Å²) in [5, 5.41) is 16.8. The van der Waals surface area contributed by atoms with Crippen LogP contribution in [0, 0.1) is 17.8 Å². The zero-order valence-electron chi connectivity index (χ0n) is 21.6. The minimum atomic E-state index is -1.12. The van der Waals surface area contributed by atoms with Crippen LogP contribution in [0.5, 0.6) is 0 Å². The first-order chi connectivity index (χ1) is 17.1. The molecule has 2 unspecified atom stereocenters. The van der Waals surface area contributed by atoms with E-state index in [1.807, 2.05) is 27.7 Å². The molecule has 6 atom stereocenters. The van der Waals surface area contributed by atoms with E-state index >= 15 is 0 Å². The van der Waals surface area contributed by atoms with Gasteiger partial charge >= 0.3 is 0 Å². The Bertz CT molecular complexity index is 1000. The molecule has 3 fully saturated rings. The number of benzene rings is 1. The Hall–Kier alpha value is -2.16. The summed E-state index contributed by atoms with van der Waals surface area (Å²) in [5.74, 6) is -2.11. The molecule has 2 bridgehead atoms. The summed E-state index contributed by atoms with van der Waals surface area (Å²) in [4.78, 5) is 43.1. The first-order valence-electron chi connectivity index (χ1n) is 13.1. The van der Waals surface area contributed by atoms with Crippen LogP contribution in [0.2, 0.25) is 5.02 Å². The lowest BCUT2D eigenvalue weighted by atomic mass is 9.65. The maximum atomic E-state index is 14.2. The van der Waals surface area contributed by atoms with E-state index in [-0.39, 0.29) is 30.2 Å². The minimum Gasteiger partial charge on any atom is -0.394 e. The van der Waals surface area contributed by atoms with Crippen LogP contribution in [-0.4, -0.2) is 64.2 Å². The molecule has 3 amide bonds. The van der Waals surface area contributed by atoms with Gasteiger partial charge in [-0.25, -0.2) is 0 Å². The first kappa shape index (κ1) is 26.9. The number of halogens is 1. The van der Waals surface area contributed by atoms with Gasteiger partial charge in [0.05, 0.1) is 30.1 Å². The number of hydrogen-bond donors (Lipinski definition) is 3. The smallest absolute Gasteiger partial charge is 0.250 e. The van der Waals surface area contributed by atoms with Crippen LogP contribution in [-0.2, 0) is 19.1 Å². The molecule has 4 rings (SSSR count). The second kappa shape index (κ2) is 10.3. The Morgan fingerprint density at radius 3 is 2.47 bits per heavy atom. The van der Waals surface area contributed by atoms with E-state index in [1.165, 1.54) is 4.90 Å². The molecule has 3 N–H and O–H groups in total. The lowest BCUT2D eigenvalue weighted by Crippen LogP contribution is -2.56. The second-order valence-corrected chi connectivity index (χ2v) is 11.3. The highest BCUT2D eigenvalue weighted by atomic mass is 35.5. The number of anilines is 1. The zero-order chi connectivity index (χ0) is 26.3. The molecule has 3 saturated heterocycles. The van der Waals surface area contributed by atoms with E-state index in [4.69, 9.17) is 16.3 Å². The Morgan fingerprint density at radius 1 is 1.19 bits per heavy atom. The second-order valence-electron chi connectivity index (χ2n) is 10.8. The number of carbonyl (C=O) groups is 3. The Morgan fingerprint density at radius 2 is 1.89 bits per heavy atom. The van der Waals surface area contributed by atoms with Gasteiger partial charge in [-0.1, -0.05) is 39.3 Å². The molecule has 1 aromatic rings. The molecule has 0 aliphatic carbocycles. The van der Waals surface area contributed by atoms with Crippen LogP contribution in [0.25, 0.3) is 0 Å². The SMILES string of the molecule is CCCNC(=O)[C@@H]1[C@H]2C(=O)N([C@@H](CO)CC(C)C)C(C(=O)Nc3ccc(Cl)cc3)C23CC[C@@]1(CC)O3. The standard InChI is InChI=1S/C27H38ClN3O5/c1-5-13-29-23(33)20-21-25(35)31(19(15-32)14-16(3)4)22(27(21)12-11-26(20,6-2)36-27)24(34)30-18-9-7-17(28)8-10-18/h7-10,16,19-22,32H,5-6,11-15H2,1-4H3,(H,29,33)(H,30,34)/t19-,20+,21+,22?,26-,27?/m1/s1. The zero-order valence-corrected chi connectivity index (χ0v) is 22.3. The average molecular weight is 520 g/mol. The molecule has 3 aliphatic rings. The molecular weight excluding hydrogens is 482 g/mol. The highest BCUT2D eigenvalue weighted by Gasteiger charge is 2.79. The normalized spacial score (nSPS) is 31.6. The Labute approximate surface area is 218 Å². The quantitative estimate of drug-likeness (QED) is 0.439. The number of ether oxygens (including phenoxy) is 1. The maximum Gasteiger partial charge on any atom is 0.250 e. The average Bonchev–Trinajstić information content (AvgIpc) is 3.46. The van der Waals surface area contributed by atoms with E-state index < -0.39 is 35.1 Å². The van der Waals surface area contributed by atoms with Gasteiger partial charge in [0.25, 0.3) is 0 Å². The number of amides is 3. The van der Waals surface area contributed by atoms with Gasteiger partial charge in [0, 0.05) is 17.3 Å². The van der Waals surface area contributed by atoms with Gasteiger partial charge in [-0.2, -0.15) is 0 Å². The monoisotopic (exact) mass is 519 g/mol. The number of hydrogen-bond acceptors (Lipinski definition) is 5. The lowest BCUT2D eigenvalue weighted by molar-refractivity contribution is -0.149. The molecule has 8 nitrogen and oxygen atoms in total. The molecule has 1 spiro atoms. The van der Waals surface area contributed by atoms with E-state index in [0.29, 0.717) is 42.9 Å². The fourth-order valence-electron chi connectivity index (χ4n) is 6.67. The molecule has 36 heavy (non-hydrogen) atoms.